The summed E-state index contributed by atoms with van der Waals surface area (Å²) in [4.78, 5) is 4.47. The fraction of sp³-hybridized carbons (Fsp3) is 0.667. The van der Waals surface area contributed by atoms with Gasteiger partial charge in [0.25, 0.3) is 0 Å². The Morgan fingerprint density at radius 3 is 2.19 bits per heavy atom. The second-order valence-corrected chi connectivity index (χ2v) is 11.0. The molecule has 0 bridgehead atoms. The lowest BCUT2D eigenvalue weighted by molar-refractivity contribution is 0.187. The van der Waals surface area contributed by atoms with Gasteiger partial charge in [0.2, 0.25) is 0 Å². The Labute approximate surface area is 167 Å². The number of nitrogens with zero attached hydrogens (tertiary/aromatic N) is 1. The highest BCUT2D eigenvalue weighted by molar-refractivity contribution is 7.86. The molecule has 3 N–H and O–H groups in total. The molecule has 1 aromatic carbocycles. The van der Waals surface area contributed by atoms with Crippen molar-refractivity contribution in [2.75, 3.05) is 25.4 Å². The van der Waals surface area contributed by atoms with Gasteiger partial charge in [0.1, 0.15) is 0 Å². The van der Waals surface area contributed by atoms with Crippen molar-refractivity contribution in [3.05, 3.63) is 35.4 Å². The molecule has 2 unspecified atom stereocenters. The van der Waals surface area contributed by atoms with Crippen molar-refractivity contribution >= 4 is 16.8 Å². The van der Waals surface area contributed by atoms with Crippen LogP contribution in [0.15, 0.2) is 29.3 Å². The molecule has 1 aromatic rings. The third-order valence-electron chi connectivity index (χ3n) is 4.19. The molecule has 27 heavy (non-hydrogen) atoms. The van der Waals surface area contributed by atoms with Crippen LogP contribution in [-0.2, 0) is 16.2 Å². The smallest absolute Gasteiger partial charge is 0.191 e. The minimum absolute atomic E-state index is 0.0942. The topological polar surface area (TPSA) is 73.7 Å². The third-order valence-corrected chi connectivity index (χ3v) is 6.13. The molecule has 0 aromatic heterocycles. The molecule has 5 nitrogen and oxygen atoms in total. The van der Waals surface area contributed by atoms with Crippen molar-refractivity contribution in [3.63, 3.8) is 0 Å². The second-order valence-electron chi connectivity index (χ2n) is 8.70. The molecule has 0 aliphatic heterocycles. The van der Waals surface area contributed by atoms with Crippen molar-refractivity contribution in [2.24, 2.45) is 4.99 Å². The molecule has 0 spiro atoms. The van der Waals surface area contributed by atoms with E-state index < -0.39 is 16.9 Å². The van der Waals surface area contributed by atoms with Crippen LogP contribution < -0.4 is 10.6 Å². The van der Waals surface area contributed by atoms with Gasteiger partial charge >= 0.3 is 0 Å². The molecule has 0 amide bonds. The Morgan fingerprint density at radius 1 is 1.11 bits per heavy atom. The lowest BCUT2D eigenvalue weighted by Crippen LogP contribution is -2.40. The van der Waals surface area contributed by atoms with Gasteiger partial charge in [-0.25, -0.2) is 0 Å². The minimum atomic E-state index is -0.905. The van der Waals surface area contributed by atoms with Gasteiger partial charge in [-0.1, -0.05) is 45.0 Å². The number of aliphatic hydroxyl groups is 1. The number of rotatable bonds is 7. The van der Waals surface area contributed by atoms with E-state index in [1.807, 2.05) is 39.8 Å². The summed E-state index contributed by atoms with van der Waals surface area (Å²) in [5, 5.41) is 16.8. The fourth-order valence-corrected chi connectivity index (χ4v) is 3.30. The molecule has 0 fully saturated rings. The number of guanidine groups is 1. The lowest BCUT2D eigenvalue weighted by atomic mass is 9.86. The number of benzene rings is 1. The van der Waals surface area contributed by atoms with E-state index in [0.717, 1.165) is 12.1 Å². The predicted molar refractivity (Wildman–Crippen MR) is 117 cm³/mol. The average Bonchev–Trinajstić information content (AvgIpc) is 2.57. The van der Waals surface area contributed by atoms with E-state index in [9.17, 15) is 9.32 Å². The standard InChI is InChI=1S/C21H37N3O2S/c1-8-22-19(23-13-14-27(26)21(5,6)7)24-15-18(25)16-9-11-17(12-10-16)20(2,3)4/h9-12,18,25H,8,13-15H2,1-7H3,(H2,22,23,24). The Morgan fingerprint density at radius 2 is 1.70 bits per heavy atom. The maximum atomic E-state index is 12.1. The molecule has 0 saturated carbocycles. The number of hydrogen-bond acceptors (Lipinski definition) is 3. The first-order valence-electron chi connectivity index (χ1n) is 9.64. The van der Waals surface area contributed by atoms with Gasteiger partial charge in [0.05, 0.1) is 12.6 Å². The van der Waals surface area contributed by atoms with Gasteiger partial charge in [0.15, 0.2) is 5.96 Å². The number of aliphatic hydroxyl groups excluding tert-OH is 1. The van der Waals surface area contributed by atoms with E-state index in [1.165, 1.54) is 5.56 Å². The van der Waals surface area contributed by atoms with Gasteiger partial charge in [-0.3, -0.25) is 9.20 Å². The molecule has 1 rings (SSSR count). The molecular formula is C21H37N3O2S. The van der Waals surface area contributed by atoms with Crippen molar-refractivity contribution in [1.82, 2.24) is 10.6 Å². The largest absolute Gasteiger partial charge is 0.386 e. The van der Waals surface area contributed by atoms with Crippen LogP contribution in [0.1, 0.15) is 65.7 Å². The zero-order chi connectivity index (χ0) is 20.7. The van der Waals surface area contributed by atoms with Crippen LogP contribution in [0.4, 0.5) is 0 Å². The molecular weight excluding hydrogens is 358 g/mol. The van der Waals surface area contributed by atoms with Gasteiger partial charge in [-0.15, -0.1) is 0 Å². The van der Waals surface area contributed by atoms with E-state index >= 15 is 0 Å². The molecule has 6 heteroatoms. The summed E-state index contributed by atoms with van der Waals surface area (Å²) in [5.41, 5.74) is 2.19. The summed E-state index contributed by atoms with van der Waals surface area (Å²) in [7, 11) is -0.905. The number of aliphatic imine (C=N–C) groups is 1. The van der Waals surface area contributed by atoms with Gasteiger partial charge in [-0.2, -0.15) is 0 Å². The zero-order valence-corrected chi connectivity index (χ0v) is 18.7. The number of hydrogen-bond donors (Lipinski definition) is 3. The maximum absolute atomic E-state index is 12.1. The highest BCUT2D eigenvalue weighted by atomic mass is 32.2. The van der Waals surface area contributed by atoms with Crippen LogP contribution in [0.3, 0.4) is 0 Å². The first-order chi connectivity index (χ1) is 12.4. The lowest BCUT2D eigenvalue weighted by Gasteiger charge is -2.20. The highest BCUT2D eigenvalue weighted by Crippen LogP contribution is 2.24. The zero-order valence-electron chi connectivity index (χ0n) is 17.9. The van der Waals surface area contributed by atoms with Crippen molar-refractivity contribution in [1.29, 1.82) is 0 Å². The van der Waals surface area contributed by atoms with Crippen LogP contribution in [0.5, 0.6) is 0 Å². The summed E-state index contributed by atoms with van der Waals surface area (Å²) in [6.45, 7) is 16.0. The monoisotopic (exact) mass is 395 g/mol. The third kappa shape index (κ3) is 8.43. The van der Waals surface area contributed by atoms with Crippen LogP contribution in [-0.4, -0.2) is 45.4 Å². The molecule has 0 radical (unpaired) electrons. The normalized spacial score (nSPS) is 15.3. The quantitative estimate of drug-likeness (QED) is 0.490. The van der Waals surface area contributed by atoms with E-state index in [-0.39, 0.29) is 16.7 Å². The minimum Gasteiger partial charge on any atom is -0.386 e. The highest BCUT2D eigenvalue weighted by Gasteiger charge is 2.19. The molecule has 2 atom stereocenters. The molecule has 0 heterocycles. The van der Waals surface area contributed by atoms with Crippen molar-refractivity contribution in [3.8, 4) is 0 Å². The summed E-state index contributed by atoms with van der Waals surface area (Å²) in [6, 6.07) is 8.06. The molecule has 154 valence electrons. The maximum Gasteiger partial charge on any atom is 0.191 e. The Hall–Kier alpha value is -1.40. The van der Waals surface area contributed by atoms with E-state index in [1.54, 1.807) is 0 Å². The molecule has 0 aliphatic rings. The summed E-state index contributed by atoms with van der Waals surface area (Å²) in [5.74, 6) is 1.19. The summed E-state index contributed by atoms with van der Waals surface area (Å²) in [6.07, 6.45) is -0.654. The summed E-state index contributed by atoms with van der Waals surface area (Å²) < 4.78 is 11.9. The van der Waals surface area contributed by atoms with Crippen LogP contribution in [0.25, 0.3) is 0 Å². The SMILES string of the molecule is CCNC(=NCC(O)c1ccc(C(C)(C)C)cc1)NCCS(=O)C(C)(C)C. The van der Waals surface area contributed by atoms with Crippen LogP contribution in [0.2, 0.25) is 0 Å². The average molecular weight is 396 g/mol. The van der Waals surface area contributed by atoms with E-state index in [4.69, 9.17) is 0 Å². The van der Waals surface area contributed by atoms with Gasteiger partial charge < -0.3 is 15.7 Å². The van der Waals surface area contributed by atoms with Crippen molar-refractivity contribution in [2.45, 2.75) is 64.7 Å². The van der Waals surface area contributed by atoms with E-state index in [2.05, 4.69) is 48.5 Å². The molecule has 0 saturated heterocycles. The Bertz CT molecular complexity index is 628. The van der Waals surface area contributed by atoms with Gasteiger partial charge in [-0.05, 0) is 44.2 Å². The second kappa shape index (κ2) is 10.2. The van der Waals surface area contributed by atoms with Gasteiger partial charge in [0, 0.05) is 34.4 Å². The number of nitrogens with one attached hydrogen (secondary N) is 2. The van der Waals surface area contributed by atoms with Crippen molar-refractivity contribution < 1.29 is 9.32 Å². The first kappa shape index (κ1) is 23.6. The predicted octanol–water partition coefficient (Wildman–Crippen LogP) is 3.12. The fourth-order valence-electron chi connectivity index (χ4n) is 2.40. The Balaban J connectivity index is 2.64. The molecule has 0 aliphatic carbocycles. The summed E-state index contributed by atoms with van der Waals surface area (Å²) >= 11 is 0. The Kier molecular flexibility index (Phi) is 8.95. The van der Waals surface area contributed by atoms with Crippen LogP contribution >= 0.6 is 0 Å². The van der Waals surface area contributed by atoms with Crippen LogP contribution in [0, 0.1) is 0 Å². The first-order valence-corrected chi connectivity index (χ1v) is 11.0. The van der Waals surface area contributed by atoms with E-state index in [0.29, 0.717) is 18.3 Å².